The lowest BCUT2D eigenvalue weighted by Crippen LogP contribution is -2.45. The van der Waals surface area contributed by atoms with E-state index >= 15 is 0 Å². The monoisotopic (exact) mass is 212 g/mol. The minimum atomic E-state index is -0.424. The molecule has 1 aliphatic rings. The number of rotatable bonds is 4. The molecule has 0 unspecified atom stereocenters. The van der Waals surface area contributed by atoms with Crippen molar-refractivity contribution in [2.45, 2.75) is 38.3 Å². The molecule has 1 heterocycles. The van der Waals surface area contributed by atoms with E-state index in [1.165, 1.54) is 0 Å². The van der Waals surface area contributed by atoms with Gasteiger partial charge in [0.05, 0.1) is 5.60 Å². The van der Waals surface area contributed by atoms with Crippen LogP contribution in [-0.4, -0.2) is 22.2 Å². The molecule has 2 N–H and O–H groups in total. The third kappa shape index (κ3) is 2.32. The van der Waals surface area contributed by atoms with E-state index in [0.29, 0.717) is 6.54 Å². The van der Waals surface area contributed by atoms with Crippen molar-refractivity contribution in [3.8, 4) is 0 Å². The van der Waals surface area contributed by atoms with E-state index in [0.717, 1.165) is 36.5 Å². The fraction of sp³-hybridized carbons (Fsp3) is 0.700. The van der Waals surface area contributed by atoms with Crippen molar-refractivity contribution in [1.82, 2.24) is 10.3 Å². The van der Waals surface area contributed by atoms with Gasteiger partial charge in [0.1, 0.15) is 5.01 Å². The Hall–Kier alpha value is -0.450. The standard InChI is InChI=1S/C10H16N2OS/c1-8-6-14-9(12-8)5-11-7-10(13)3-2-4-10/h6,11,13H,2-5,7H2,1H3. The summed E-state index contributed by atoms with van der Waals surface area (Å²) in [7, 11) is 0. The maximum Gasteiger partial charge on any atom is 0.107 e. The van der Waals surface area contributed by atoms with Gasteiger partial charge in [-0.1, -0.05) is 0 Å². The fourth-order valence-electron chi connectivity index (χ4n) is 1.65. The van der Waals surface area contributed by atoms with Gasteiger partial charge in [-0.2, -0.15) is 0 Å². The zero-order valence-corrected chi connectivity index (χ0v) is 9.23. The SMILES string of the molecule is Cc1csc(CNCC2(O)CCC2)n1. The molecular formula is C10H16N2OS. The second-order valence-electron chi connectivity index (χ2n) is 4.06. The van der Waals surface area contributed by atoms with E-state index in [1.807, 2.05) is 6.92 Å². The second kappa shape index (κ2) is 3.96. The largest absolute Gasteiger partial charge is 0.389 e. The van der Waals surface area contributed by atoms with Crippen LogP contribution < -0.4 is 5.32 Å². The van der Waals surface area contributed by atoms with Crippen LogP contribution in [-0.2, 0) is 6.54 Å². The second-order valence-corrected chi connectivity index (χ2v) is 5.01. The zero-order chi connectivity index (χ0) is 10.0. The number of nitrogens with one attached hydrogen (secondary N) is 1. The van der Waals surface area contributed by atoms with E-state index in [4.69, 9.17) is 0 Å². The van der Waals surface area contributed by atoms with E-state index in [9.17, 15) is 5.11 Å². The molecule has 78 valence electrons. The molecule has 0 saturated heterocycles. The predicted octanol–water partition coefficient (Wildman–Crippen LogP) is 1.46. The highest BCUT2D eigenvalue weighted by Gasteiger charge is 2.33. The third-order valence-corrected chi connectivity index (χ3v) is 3.65. The Bertz CT molecular complexity index is 307. The maximum absolute atomic E-state index is 9.81. The van der Waals surface area contributed by atoms with Crippen molar-refractivity contribution in [2.75, 3.05) is 6.54 Å². The molecule has 14 heavy (non-hydrogen) atoms. The molecule has 0 radical (unpaired) electrons. The van der Waals surface area contributed by atoms with E-state index in [-0.39, 0.29) is 0 Å². The molecule has 3 nitrogen and oxygen atoms in total. The number of aromatic nitrogens is 1. The van der Waals surface area contributed by atoms with Crippen LogP contribution in [0.1, 0.15) is 30.0 Å². The van der Waals surface area contributed by atoms with Gasteiger partial charge in [0.15, 0.2) is 0 Å². The molecule has 0 aromatic carbocycles. The van der Waals surface area contributed by atoms with Gasteiger partial charge in [-0.05, 0) is 26.2 Å². The Morgan fingerprint density at radius 1 is 1.64 bits per heavy atom. The quantitative estimate of drug-likeness (QED) is 0.794. The first kappa shape index (κ1) is 10.1. The van der Waals surface area contributed by atoms with Gasteiger partial charge >= 0.3 is 0 Å². The predicted molar refractivity (Wildman–Crippen MR) is 57.4 cm³/mol. The molecule has 1 saturated carbocycles. The molecule has 4 heteroatoms. The number of thiazole rings is 1. The topological polar surface area (TPSA) is 45.1 Å². The Labute approximate surface area is 88.2 Å². The number of nitrogens with zero attached hydrogens (tertiary/aromatic N) is 1. The zero-order valence-electron chi connectivity index (χ0n) is 8.42. The van der Waals surface area contributed by atoms with Crippen LogP contribution in [0.15, 0.2) is 5.38 Å². The minimum absolute atomic E-state index is 0.424. The maximum atomic E-state index is 9.81. The van der Waals surface area contributed by atoms with Crippen LogP contribution in [0.4, 0.5) is 0 Å². The lowest BCUT2D eigenvalue weighted by molar-refractivity contribution is -0.0314. The van der Waals surface area contributed by atoms with Crippen LogP contribution in [0, 0.1) is 6.92 Å². The molecule has 0 amide bonds. The number of aryl methyl sites for hydroxylation is 1. The molecule has 0 spiro atoms. The molecule has 1 aromatic heterocycles. The summed E-state index contributed by atoms with van der Waals surface area (Å²) in [6.45, 7) is 3.48. The van der Waals surface area contributed by atoms with Gasteiger partial charge in [0, 0.05) is 24.2 Å². The first-order valence-electron chi connectivity index (χ1n) is 5.02. The molecule has 1 aromatic rings. The Morgan fingerprint density at radius 3 is 2.93 bits per heavy atom. The highest BCUT2D eigenvalue weighted by molar-refractivity contribution is 7.09. The van der Waals surface area contributed by atoms with E-state index in [2.05, 4.69) is 15.7 Å². The molecular weight excluding hydrogens is 196 g/mol. The van der Waals surface area contributed by atoms with Gasteiger partial charge in [-0.15, -0.1) is 11.3 Å². The van der Waals surface area contributed by atoms with Gasteiger partial charge < -0.3 is 10.4 Å². The summed E-state index contributed by atoms with van der Waals surface area (Å²) in [5, 5.41) is 16.2. The van der Waals surface area contributed by atoms with Gasteiger partial charge in [0.25, 0.3) is 0 Å². The van der Waals surface area contributed by atoms with Crippen LogP contribution in [0.5, 0.6) is 0 Å². The average molecular weight is 212 g/mol. The Balaban J connectivity index is 1.72. The summed E-state index contributed by atoms with van der Waals surface area (Å²) in [5.74, 6) is 0. The number of hydrogen-bond acceptors (Lipinski definition) is 4. The fourth-order valence-corrected chi connectivity index (χ4v) is 2.39. The minimum Gasteiger partial charge on any atom is -0.389 e. The summed E-state index contributed by atoms with van der Waals surface area (Å²) in [6.07, 6.45) is 3.04. The van der Waals surface area contributed by atoms with Gasteiger partial charge in [0.2, 0.25) is 0 Å². The van der Waals surface area contributed by atoms with Crippen LogP contribution in [0.25, 0.3) is 0 Å². The number of aliphatic hydroxyl groups is 1. The Kier molecular flexibility index (Phi) is 2.85. The Morgan fingerprint density at radius 2 is 2.43 bits per heavy atom. The summed E-state index contributed by atoms with van der Waals surface area (Å²) in [6, 6.07) is 0. The van der Waals surface area contributed by atoms with Crippen molar-refractivity contribution in [3.63, 3.8) is 0 Å². The summed E-state index contributed by atoms with van der Waals surface area (Å²) in [5.41, 5.74) is 0.654. The van der Waals surface area contributed by atoms with Gasteiger partial charge in [-0.25, -0.2) is 4.98 Å². The van der Waals surface area contributed by atoms with Crippen molar-refractivity contribution < 1.29 is 5.11 Å². The van der Waals surface area contributed by atoms with Crippen LogP contribution >= 0.6 is 11.3 Å². The first-order chi connectivity index (χ1) is 6.68. The van der Waals surface area contributed by atoms with E-state index in [1.54, 1.807) is 11.3 Å². The van der Waals surface area contributed by atoms with Crippen molar-refractivity contribution in [3.05, 3.63) is 16.1 Å². The van der Waals surface area contributed by atoms with E-state index < -0.39 is 5.60 Å². The van der Waals surface area contributed by atoms with Crippen LogP contribution in [0.2, 0.25) is 0 Å². The molecule has 1 aliphatic carbocycles. The number of hydrogen-bond donors (Lipinski definition) is 2. The lowest BCUT2D eigenvalue weighted by atomic mass is 9.80. The van der Waals surface area contributed by atoms with Crippen LogP contribution in [0.3, 0.4) is 0 Å². The molecule has 0 atom stereocenters. The molecule has 0 aliphatic heterocycles. The van der Waals surface area contributed by atoms with Crippen molar-refractivity contribution in [2.24, 2.45) is 0 Å². The summed E-state index contributed by atoms with van der Waals surface area (Å²) in [4.78, 5) is 4.35. The normalized spacial score (nSPS) is 19.3. The highest BCUT2D eigenvalue weighted by atomic mass is 32.1. The van der Waals surface area contributed by atoms with Gasteiger partial charge in [-0.3, -0.25) is 0 Å². The third-order valence-electron chi connectivity index (χ3n) is 2.68. The summed E-state index contributed by atoms with van der Waals surface area (Å²) < 4.78 is 0. The molecule has 0 bridgehead atoms. The average Bonchev–Trinajstić information content (AvgIpc) is 2.49. The summed E-state index contributed by atoms with van der Waals surface area (Å²) >= 11 is 1.67. The highest BCUT2D eigenvalue weighted by Crippen LogP contribution is 2.30. The lowest BCUT2D eigenvalue weighted by Gasteiger charge is -2.36. The van der Waals surface area contributed by atoms with Crippen molar-refractivity contribution >= 4 is 11.3 Å². The molecule has 2 rings (SSSR count). The first-order valence-corrected chi connectivity index (χ1v) is 5.90. The van der Waals surface area contributed by atoms with Crippen molar-refractivity contribution in [1.29, 1.82) is 0 Å². The molecule has 1 fully saturated rings. The smallest absolute Gasteiger partial charge is 0.107 e.